The SMILES string of the molecule is CN(C)S(=O)(=O)N1CCN(C(=O)Nc2cc3c(cc2Cl)OCCO3)CC1. The fourth-order valence-corrected chi connectivity index (χ4v) is 3.99. The van der Waals surface area contributed by atoms with Gasteiger partial charge in [-0.25, -0.2) is 4.79 Å². The smallest absolute Gasteiger partial charge is 0.321 e. The number of rotatable bonds is 3. The van der Waals surface area contributed by atoms with E-state index in [1.165, 1.54) is 18.4 Å². The number of carbonyl (C=O) groups is 1. The zero-order valence-electron chi connectivity index (χ0n) is 14.6. The lowest BCUT2D eigenvalue weighted by Gasteiger charge is -2.35. The molecule has 0 bridgehead atoms. The van der Waals surface area contributed by atoms with Crippen LogP contribution in [0.25, 0.3) is 0 Å². The van der Waals surface area contributed by atoms with Crippen LogP contribution in [0.3, 0.4) is 0 Å². The maximum absolute atomic E-state index is 12.5. The first-order valence-corrected chi connectivity index (χ1v) is 9.89. The lowest BCUT2D eigenvalue weighted by atomic mass is 10.2. The van der Waals surface area contributed by atoms with Gasteiger partial charge in [-0.15, -0.1) is 0 Å². The molecule has 1 fully saturated rings. The first-order chi connectivity index (χ1) is 12.3. The highest BCUT2D eigenvalue weighted by Gasteiger charge is 2.30. The molecule has 1 saturated heterocycles. The molecule has 0 atom stereocenters. The molecule has 2 heterocycles. The zero-order chi connectivity index (χ0) is 18.9. The van der Waals surface area contributed by atoms with Crippen molar-refractivity contribution in [2.24, 2.45) is 0 Å². The molecule has 9 nitrogen and oxygen atoms in total. The topological polar surface area (TPSA) is 91.4 Å². The standard InChI is InChI=1S/C15H21ClN4O5S/c1-18(2)26(22,23)20-5-3-19(4-6-20)15(21)17-12-10-14-13(9-11(12)16)24-7-8-25-14/h9-10H,3-8H2,1-2H3,(H,17,21). The summed E-state index contributed by atoms with van der Waals surface area (Å²) >= 11 is 6.20. The van der Waals surface area contributed by atoms with Crippen LogP contribution >= 0.6 is 11.6 Å². The van der Waals surface area contributed by atoms with Crippen molar-refractivity contribution in [2.45, 2.75) is 0 Å². The molecule has 1 aromatic rings. The number of urea groups is 1. The van der Waals surface area contributed by atoms with Crippen molar-refractivity contribution in [2.75, 3.05) is 58.8 Å². The summed E-state index contributed by atoms with van der Waals surface area (Å²) in [5.41, 5.74) is 0.421. The van der Waals surface area contributed by atoms with Gasteiger partial charge in [0.2, 0.25) is 0 Å². The summed E-state index contributed by atoms with van der Waals surface area (Å²) < 4.78 is 37.7. The molecule has 3 rings (SSSR count). The van der Waals surface area contributed by atoms with Crippen LogP contribution < -0.4 is 14.8 Å². The number of amides is 2. The van der Waals surface area contributed by atoms with E-state index in [1.807, 2.05) is 0 Å². The van der Waals surface area contributed by atoms with E-state index >= 15 is 0 Å². The molecule has 0 saturated carbocycles. The minimum atomic E-state index is -3.47. The largest absolute Gasteiger partial charge is 0.486 e. The van der Waals surface area contributed by atoms with Gasteiger partial charge in [-0.3, -0.25) is 0 Å². The van der Waals surface area contributed by atoms with Crippen LogP contribution in [-0.2, 0) is 10.2 Å². The van der Waals surface area contributed by atoms with Crippen molar-refractivity contribution in [3.8, 4) is 11.5 Å². The van der Waals surface area contributed by atoms with Crippen molar-refractivity contribution in [1.82, 2.24) is 13.5 Å². The van der Waals surface area contributed by atoms with Gasteiger partial charge >= 0.3 is 6.03 Å². The molecule has 0 radical (unpaired) electrons. The van der Waals surface area contributed by atoms with Crippen LogP contribution in [0.2, 0.25) is 5.02 Å². The van der Waals surface area contributed by atoms with E-state index in [9.17, 15) is 13.2 Å². The molecule has 1 aromatic carbocycles. The molecule has 2 aliphatic rings. The van der Waals surface area contributed by atoms with Crippen LogP contribution in [0.1, 0.15) is 0 Å². The van der Waals surface area contributed by atoms with Crippen LogP contribution in [0.15, 0.2) is 12.1 Å². The maximum Gasteiger partial charge on any atom is 0.321 e. The number of ether oxygens (including phenoxy) is 2. The highest BCUT2D eigenvalue weighted by molar-refractivity contribution is 7.86. The molecular formula is C15H21ClN4O5S. The average Bonchev–Trinajstić information content (AvgIpc) is 2.62. The predicted molar refractivity (Wildman–Crippen MR) is 97.2 cm³/mol. The summed E-state index contributed by atoms with van der Waals surface area (Å²) in [6.45, 7) is 1.95. The minimum Gasteiger partial charge on any atom is -0.486 e. The van der Waals surface area contributed by atoms with Crippen molar-refractivity contribution in [3.63, 3.8) is 0 Å². The summed E-state index contributed by atoms with van der Waals surface area (Å²) in [6, 6.07) is 2.89. The van der Waals surface area contributed by atoms with Gasteiger partial charge in [-0.2, -0.15) is 17.0 Å². The fraction of sp³-hybridized carbons (Fsp3) is 0.533. The number of piperazine rings is 1. The second kappa shape index (κ2) is 7.47. The van der Waals surface area contributed by atoms with E-state index < -0.39 is 10.2 Å². The quantitative estimate of drug-likeness (QED) is 0.813. The van der Waals surface area contributed by atoms with Crippen LogP contribution in [-0.4, -0.2) is 81.4 Å². The molecule has 11 heteroatoms. The number of benzene rings is 1. The Morgan fingerprint density at radius 2 is 1.69 bits per heavy atom. The summed E-state index contributed by atoms with van der Waals surface area (Å²) in [4.78, 5) is 14.0. The number of nitrogens with zero attached hydrogens (tertiary/aromatic N) is 3. The first-order valence-electron chi connectivity index (χ1n) is 8.11. The Kier molecular flexibility index (Phi) is 5.47. The van der Waals surface area contributed by atoms with Crippen LogP contribution in [0.5, 0.6) is 11.5 Å². The second-order valence-corrected chi connectivity index (χ2v) is 8.63. The Morgan fingerprint density at radius 1 is 1.12 bits per heavy atom. The van der Waals surface area contributed by atoms with Crippen molar-refractivity contribution < 1.29 is 22.7 Å². The average molecular weight is 405 g/mol. The lowest BCUT2D eigenvalue weighted by Crippen LogP contribution is -2.53. The van der Waals surface area contributed by atoms with E-state index in [4.69, 9.17) is 21.1 Å². The van der Waals surface area contributed by atoms with Gasteiger partial charge in [0.1, 0.15) is 13.2 Å². The molecule has 0 spiro atoms. The first kappa shape index (κ1) is 19.0. The monoisotopic (exact) mass is 404 g/mol. The Bertz CT molecular complexity index is 793. The Hall–Kier alpha value is -1.75. The van der Waals surface area contributed by atoms with Crippen molar-refractivity contribution in [1.29, 1.82) is 0 Å². The highest BCUT2D eigenvalue weighted by atomic mass is 35.5. The van der Waals surface area contributed by atoms with Gasteiger partial charge in [0.15, 0.2) is 11.5 Å². The number of anilines is 1. The molecule has 0 aromatic heterocycles. The third kappa shape index (κ3) is 3.83. The van der Waals surface area contributed by atoms with Gasteiger partial charge < -0.3 is 19.7 Å². The number of nitrogens with one attached hydrogen (secondary N) is 1. The zero-order valence-corrected chi connectivity index (χ0v) is 16.1. The van der Waals surface area contributed by atoms with E-state index in [1.54, 1.807) is 17.0 Å². The number of fused-ring (bicyclic) bond motifs is 1. The van der Waals surface area contributed by atoms with Crippen molar-refractivity contribution in [3.05, 3.63) is 17.2 Å². The second-order valence-electron chi connectivity index (χ2n) is 6.08. The molecule has 2 amide bonds. The Labute approximate surface area is 157 Å². The van der Waals surface area contributed by atoms with E-state index in [0.29, 0.717) is 48.5 Å². The molecule has 144 valence electrons. The Balaban J connectivity index is 1.63. The number of carbonyl (C=O) groups excluding carboxylic acids is 1. The third-order valence-corrected chi connectivity index (χ3v) is 6.44. The van der Waals surface area contributed by atoms with Crippen LogP contribution in [0, 0.1) is 0 Å². The lowest BCUT2D eigenvalue weighted by molar-refractivity contribution is 0.171. The van der Waals surface area contributed by atoms with Gasteiger partial charge in [0, 0.05) is 52.4 Å². The van der Waals surface area contributed by atoms with E-state index in [-0.39, 0.29) is 19.1 Å². The Morgan fingerprint density at radius 3 is 2.27 bits per heavy atom. The molecule has 0 aliphatic carbocycles. The molecule has 0 unspecified atom stereocenters. The fourth-order valence-electron chi connectivity index (χ4n) is 2.71. The molecule has 2 aliphatic heterocycles. The van der Waals surface area contributed by atoms with Gasteiger partial charge in [-0.05, 0) is 0 Å². The van der Waals surface area contributed by atoms with E-state index in [0.717, 1.165) is 4.31 Å². The maximum atomic E-state index is 12.5. The molecule has 1 N–H and O–H groups in total. The number of hydrogen-bond donors (Lipinski definition) is 1. The number of halogens is 1. The minimum absolute atomic E-state index is 0.239. The third-order valence-electron chi connectivity index (χ3n) is 4.19. The summed E-state index contributed by atoms with van der Waals surface area (Å²) in [6.07, 6.45) is 0. The predicted octanol–water partition coefficient (Wildman–Crippen LogP) is 1.07. The number of hydrogen-bond acceptors (Lipinski definition) is 5. The van der Waals surface area contributed by atoms with Gasteiger partial charge in [0.05, 0.1) is 10.7 Å². The van der Waals surface area contributed by atoms with Gasteiger partial charge in [0.25, 0.3) is 10.2 Å². The molecular weight excluding hydrogens is 384 g/mol. The summed E-state index contributed by atoms with van der Waals surface area (Å²) in [5.74, 6) is 1.07. The van der Waals surface area contributed by atoms with Crippen LogP contribution in [0.4, 0.5) is 10.5 Å². The summed E-state index contributed by atoms with van der Waals surface area (Å²) in [5, 5.41) is 3.09. The van der Waals surface area contributed by atoms with Gasteiger partial charge in [-0.1, -0.05) is 11.6 Å². The normalized spacial score (nSPS) is 18.1. The van der Waals surface area contributed by atoms with E-state index in [2.05, 4.69) is 5.32 Å². The summed E-state index contributed by atoms with van der Waals surface area (Å²) in [7, 11) is -0.499. The highest BCUT2D eigenvalue weighted by Crippen LogP contribution is 2.38. The van der Waals surface area contributed by atoms with Crippen molar-refractivity contribution >= 4 is 33.5 Å². The molecule has 26 heavy (non-hydrogen) atoms.